The summed E-state index contributed by atoms with van der Waals surface area (Å²) in [5, 5.41) is 3.32. The Morgan fingerprint density at radius 3 is 2.95 bits per heavy atom. The molecule has 0 radical (unpaired) electrons. The van der Waals surface area contributed by atoms with Crippen molar-refractivity contribution < 1.29 is 13.9 Å². The summed E-state index contributed by atoms with van der Waals surface area (Å²) in [7, 11) is 1.56. The molecule has 1 atom stereocenters. The minimum atomic E-state index is -0.253. The molecule has 1 heterocycles. The van der Waals surface area contributed by atoms with Gasteiger partial charge in [-0.2, -0.15) is 0 Å². The molecule has 4 heteroatoms. The zero-order chi connectivity index (χ0) is 13.7. The molecule has 1 N–H and O–H groups in total. The maximum absolute atomic E-state index is 14.2. The van der Waals surface area contributed by atoms with Crippen LogP contribution in [0.1, 0.15) is 31.4 Å². The van der Waals surface area contributed by atoms with Crippen molar-refractivity contribution in [2.75, 3.05) is 20.3 Å². The monoisotopic (exact) mass is 265 g/mol. The Balaban J connectivity index is 2.41. The lowest BCUT2D eigenvalue weighted by atomic mass is 9.94. The topological polar surface area (TPSA) is 30.5 Å². The van der Waals surface area contributed by atoms with Crippen LogP contribution in [0.5, 0.6) is 5.75 Å². The smallest absolute Gasteiger partial charge is 0.132 e. The highest BCUT2D eigenvalue weighted by molar-refractivity contribution is 5.41. The molecule has 0 saturated carbocycles. The molecule has 0 bridgehead atoms. The van der Waals surface area contributed by atoms with Gasteiger partial charge in [0, 0.05) is 0 Å². The Morgan fingerprint density at radius 2 is 2.32 bits per heavy atom. The number of ether oxygens (including phenoxy) is 2. The van der Waals surface area contributed by atoms with E-state index in [4.69, 9.17) is 9.47 Å². The first kappa shape index (κ1) is 13.9. The van der Waals surface area contributed by atoms with Crippen molar-refractivity contribution in [3.05, 3.63) is 41.4 Å². The van der Waals surface area contributed by atoms with Crippen LogP contribution >= 0.6 is 0 Å². The van der Waals surface area contributed by atoms with Crippen LogP contribution in [0.2, 0.25) is 0 Å². The normalized spacial score (nSPS) is 16.5. The lowest BCUT2D eigenvalue weighted by molar-refractivity contribution is 0.219. The summed E-state index contributed by atoms with van der Waals surface area (Å²) in [6, 6.07) is 4.72. The molecular weight excluding hydrogens is 245 g/mol. The minimum absolute atomic E-state index is 0.193. The van der Waals surface area contributed by atoms with Gasteiger partial charge >= 0.3 is 0 Å². The van der Waals surface area contributed by atoms with Gasteiger partial charge in [0.15, 0.2) is 0 Å². The van der Waals surface area contributed by atoms with Crippen LogP contribution in [0.3, 0.4) is 0 Å². The van der Waals surface area contributed by atoms with Gasteiger partial charge in [0.25, 0.3) is 0 Å². The summed E-state index contributed by atoms with van der Waals surface area (Å²) < 4.78 is 24.9. The van der Waals surface area contributed by atoms with E-state index in [9.17, 15) is 4.39 Å². The minimum Gasteiger partial charge on any atom is -0.501 e. The lowest BCUT2D eigenvalue weighted by Gasteiger charge is -2.26. The molecule has 1 aliphatic heterocycles. The van der Waals surface area contributed by atoms with E-state index in [0.29, 0.717) is 11.3 Å². The van der Waals surface area contributed by atoms with E-state index >= 15 is 0 Å². The Labute approximate surface area is 113 Å². The second-order valence-corrected chi connectivity index (χ2v) is 4.51. The summed E-state index contributed by atoms with van der Waals surface area (Å²) in [5.74, 6) is 0.314. The van der Waals surface area contributed by atoms with Gasteiger partial charge in [-0.15, -0.1) is 0 Å². The molecule has 0 spiro atoms. The molecule has 1 aromatic rings. The fourth-order valence-corrected chi connectivity index (χ4v) is 2.39. The third-order valence-electron chi connectivity index (χ3n) is 3.26. The fourth-order valence-electron chi connectivity index (χ4n) is 2.39. The van der Waals surface area contributed by atoms with Crippen LogP contribution in [0, 0.1) is 5.82 Å². The third-order valence-corrected chi connectivity index (χ3v) is 3.26. The molecular formula is C15H20FNO2. The second kappa shape index (κ2) is 6.57. The van der Waals surface area contributed by atoms with Crippen molar-refractivity contribution >= 4 is 0 Å². The van der Waals surface area contributed by atoms with Gasteiger partial charge < -0.3 is 14.8 Å². The van der Waals surface area contributed by atoms with E-state index in [1.807, 2.05) is 6.92 Å². The standard InChI is InChI=1S/C15H20FNO2/c1-3-17-15(11-6-5-9-19-10-11)14-12(16)7-4-8-13(14)18-2/h4,7-8,10,15,17H,3,5-6,9H2,1-2H3. The number of nitrogens with one attached hydrogen (secondary N) is 1. The van der Waals surface area contributed by atoms with Crippen molar-refractivity contribution in [1.29, 1.82) is 0 Å². The summed E-state index contributed by atoms with van der Waals surface area (Å²) >= 11 is 0. The molecule has 1 aliphatic rings. The zero-order valence-electron chi connectivity index (χ0n) is 11.4. The molecule has 1 unspecified atom stereocenters. The highest BCUT2D eigenvalue weighted by atomic mass is 19.1. The predicted octanol–water partition coefficient (Wildman–Crippen LogP) is 3.18. The van der Waals surface area contributed by atoms with E-state index in [1.165, 1.54) is 6.07 Å². The Morgan fingerprint density at radius 1 is 1.47 bits per heavy atom. The summed E-state index contributed by atoms with van der Waals surface area (Å²) in [4.78, 5) is 0. The van der Waals surface area contributed by atoms with Crippen molar-refractivity contribution in [1.82, 2.24) is 5.32 Å². The molecule has 19 heavy (non-hydrogen) atoms. The number of benzene rings is 1. The van der Waals surface area contributed by atoms with Gasteiger partial charge in [0.05, 0.1) is 31.6 Å². The van der Waals surface area contributed by atoms with Crippen LogP contribution in [0.25, 0.3) is 0 Å². The van der Waals surface area contributed by atoms with Crippen LogP contribution in [-0.2, 0) is 4.74 Å². The van der Waals surface area contributed by atoms with E-state index in [1.54, 1.807) is 25.5 Å². The summed E-state index contributed by atoms with van der Waals surface area (Å²) in [5.41, 5.74) is 1.63. The van der Waals surface area contributed by atoms with Gasteiger partial charge in [-0.05, 0) is 37.1 Å². The molecule has 3 nitrogen and oxygen atoms in total. The Hall–Kier alpha value is -1.55. The van der Waals surface area contributed by atoms with Crippen LogP contribution < -0.4 is 10.1 Å². The lowest BCUT2D eigenvalue weighted by Crippen LogP contribution is -2.25. The van der Waals surface area contributed by atoms with Crippen LogP contribution in [0.15, 0.2) is 30.0 Å². The number of hydrogen-bond donors (Lipinski definition) is 1. The Bertz CT molecular complexity index is 459. The van der Waals surface area contributed by atoms with Gasteiger partial charge in [0.1, 0.15) is 11.6 Å². The average molecular weight is 265 g/mol. The molecule has 0 saturated heterocycles. The van der Waals surface area contributed by atoms with Crippen molar-refractivity contribution in [3.63, 3.8) is 0 Å². The van der Waals surface area contributed by atoms with Gasteiger partial charge in [-0.1, -0.05) is 13.0 Å². The average Bonchev–Trinajstić information content (AvgIpc) is 2.46. The fraction of sp³-hybridized carbons (Fsp3) is 0.467. The molecule has 0 aliphatic carbocycles. The maximum atomic E-state index is 14.2. The number of hydrogen-bond acceptors (Lipinski definition) is 3. The van der Waals surface area contributed by atoms with Crippen LogP contribution in [0.4, 0.5) is 4.39 Å². The van der Waals surface area contributed by atoms with Crippen molar-refractivity contribution in [2.45, 2.75) is 25.8 Å². The van der Waals surface area contributed by atoms with E-state index < -0.39 is 0 Å². The SMILES string of the molecule is CCNC(C1=COCCC1)c1c(F)cccc1OC. The second-order valence-electron chi connectivity index (χ2n) is 4.51. The molecule has 1 aromatic carbocycles. The van der Waals surface area contributed by atoms with Gasteiger partial charge in [-0.3, -0.25) is 0 Å². The molecule has 104 valence electrons. The first-order valence-electron chi connectivity index (χ1n) is 6.64. The van der Waals surface area contributed by atoms with Crippen LogP contribution in [-0.4, -0.2) is 20.3 Å². The highest BCUT2D eigenvalue weighted by Gasteiger charge is 2.24. The summed E-state index contributed by atoms with van der Waals surface area (Å²) in [6.45, 7) is 3.49. The maximum Gasteiger partial charge on any atom is 0.132 e. The third kappa shape index (κ3) is 3.07. The van der Waals surface area contributed by atoms with Crippen molar-refractivity contribution in [3.8, 4) is 5.75 Å². The van der Waals surface area contributed by atoms with Gasteiger partial charge in [-0.25, -0.2) is 4.39 Å². The molecule has 0 fully saturated rings. The van der Waals surface area contributed by atoms with E-state index in [2.05, 4.69) is 5.32 Å². The largest absolute Gasteiger partial charge is 0.501 e. The zero-order valence-corrected chi connectivity index (χ0v) is 11.4. The first-order valence-corrected chi connectivity index (χ1v) is 6.64. The van der Waals surface area contributed by atoms with Gasteiger partial charge in [0.2, 0.25) is 0 Å². The molecule has 0 amide bonds. The quantitative estimate of drug-likeness (QED) is 0.887. The van der Waals surface area contributed by atoms with E-state index in [-0.39, 0.29) is 11.9 Å². The number of halogens is 1. The molecule has 0 aromatic heterocycles. The van der Waals surface area contributed by atoms with E-state index in [0.717, 1.165) is 31.6 Å². The Kier molecular flexibility index (Phi) is 4.80. The number of rotatable bonds is 5. The number of likely N-dealkylation sites (N-methyl/N-ethyl adjacent to an activating group) is 1. The molecule has 2 rings (SSSR count). The van der Waals surface area contributed by atoms with Crippen molar-refractivity contribution in [2.24, 2.45) is 0 Å². The summed E-state index contributed by atoms with van der Waals surface area (Å²) in [6.07, 6.45) is 3.63. The highest BCUT2D eigenvalue weighted by Crippen LogP contribution is 2.35. The number of methoxy groups -OCH3 is 1. The first-order chi connectivity index (χ1) is 9.27. The predicted molar refractivity (Wildman–Crippen MR) is 72.6 cm³/mol.